The highest BCUT2D eigenvalue weighted by Gasteiger charge is 2.44. The first-order chi connectivity index (χ1) is 17.6. The molecule has 0 bridgehead atoms. The van der Waals surface area contributed by atoms with Crippen LogP contribution in [0.25, 0.3) is 11.8 Å². The van der Waals surface area contributed by atoms with Crippen LogP contribution in [0.5, 0.6) is 5.88 Å². The Kier molecular flexibility index (Phi) is 8.11. The SMILES string of the molecule is CC1=NN(C2C(Cl)CC(Cl)CC2Cl)C(=O)\C1=C/C=C(C)/C=C/c1c([O-])n(-c2ccccc2)c(=O)[nH]c1=O. The minimum absolute atomic E-state index is 0.148. The molecule has 1 N–H and O–H groups in total. The number of amides is 1. The van der Waals surface area contributed by atoms with Gasteiger partial charge in [-0.05, 0) is 56.9 Å². The van der Waals surface area contributed by atoms with Crippen molar-refractivity contribution in [1.29, 1.82) is 0 Å². The van der Waals surface area contributed by atoms with E-state index in [-0.39, 0.29) is 16.8 Å². The van der Waals surface area contributed by atoms with Gasteiger partial charge < -0.3 is 5.11 Å². The molecule has 37 heavy (non-hydrogen) atoms. The van der Waals surface area contributed by atoms with E-state index in [0.29, 0.717) is 35.4 Å². The van der Waals surface area contributed by atoms with Gasteiger partial charge in [0.1, 0.15) is 0 Å². The normalized spacial score (nSPS) is 25.8. The second-order valence-corrected chi connectivity index (χ2v) is 10.6. The van der Waals surface area contributed by atoms with Gasteiger partial charge in [-0.25, -0.2) is 9.80 Å². The van der Waals surface area contributed by atoms with Gasteiger partial charge in [0.25, 0.3) is 11.5 Å². The highest BCUT2D eigenvalue weighted by molar-refractivity contribution is 6.29. The van der Waals surface area contributed by atoms with Gasteiger partial charge >= 0.3 is 5.69 Å². The van der Waals surface area contributed by atoms with Crippen molar-refractivity contribution in [2.24, 2.45) is 5.10 Å². The van der Waals surface area contributed by atoms with Crippen molar-refractivity contribution in [2.75, 3.05) is 0 Å². The first kappa shape index (κ1) is 27.0. The number of carbonyl (C=O) groups is 1. The van der Waals surface area contributed by atoms with E-state index < -0.39 is 33.9 Å². The summed E-state index contributed by atoms with van der Waals surface area (Å²) in [5.74, 6) is -1.04. The number of alkyl halides is 3. The molecule has 1 fully saturated rings. The number of H-pyrrole nitrogens is 1. The number of hydrazone groups is 1. The third-order valence-electron chi connectivity index (χ3n) is 6.21. The molecule has 1 amide bonds. The van der Waals surface area contributed by atoms with E-state index in [4.69, 9.17) is 34.8 Å². The molecule has 1 aromatic heterocycles. The average molecular weight is 563 g/mol. The van der Waals surface area contributed by atoms with Crippen molar-refractivity contribution in [1.82, 2.24) is 14.6 Å². The maximum Gasteiger partial charge on any atom is 0.332 e. The number of hydrogen-bond acceptors (Lipinski definition) is 5. The number of aromatic nitrogens is 2. The number of halogens is 3. The lowest BCUT2D eigenvalue weighted by atomic mass is 9.93. The van der Waals surface area contributed by atoms with Gasteiger partial charge in [0.15, 0.2) is 0 Å². The lowest BCUT2D eigenvalue weighted by molar-refractivity contribution is -0.278. The van der Waals surface area contributed by atoms with Crippen LogP contribution in [-0.2, 0) is 4.79 Å². The first-order valence-electron chi connectivity index (χ1n) is 11.6. The van der Waals surface area contributed by atoms with E-state index in [1.807, 2.05) is 0 Å². The molecule has 2 aliphatic rings. The summed E-state index contributed by atoms with van der Waals surface area (Å²) < 4.78 is 0.902. The molecule has 0 saturated heterocycles. The zero-order valence-corrected chi connectivity index (χ0v) is 22.3. The number of nitrogens with one attached hydrogen (secondary N) is 1. The molecule has 1 aliphatic carbocycles. The molecule has 1 aromatic carbocycles. The molecule has 1 saturated carbocycles. The Morgan fingerprint density at radius 1 is 1.11 bits per heavy atom. The van der Waals surface area contributed by atoms with Crippen molar-refractivity contribution in [3.05, 3.63) is 86.1 Å². The average Bonchev–Trinajstić information content (AvgIpc) is 3.10. The molecule has 8 nitrogen and oxygen atoms in total. The molecule has 2 aromatic rings. The third kappa shape index (κ3) is 5.61. The molecule has 0 radical (unpaired) electrons. The second-order valence-electron chi connectivity index (χ2n) is 8.90. The van der Waals surface area contributed by atoms with Gasteiger partial charge in [0, 0.05) is 16.6 Å². The van der Waals surface area contributed by atoms with Crippen LogP contribution >= 0.6 is 34.8 Å². The summed E-state index contributed by atoms with van der Waals surface area (Å²) in [6, 6.07) is 7.83. The predicted molar refractivity (Wildman–Crippen MR) is 145 cm³/mol. The summed E-state index contributed by atoms with van der Waals surface area (Å²) in [7, 11) is 0. The molecule has 2 heterocycles. The fourth-order valence-corrected chi connectivity index (χ4v) is 5.94. The number of benzene rings is 1. The fourth-order valence-electron chi connectivity index (χ4n) is 4.30. The molecular formula is C26H24Cl3N4O4-. The van der Waals surface area contributed by atoms with Crippen molar-refractivity contribution in [2.45, 2.75) is 48.9 Å². The number of hydrogen-bond donors (Lipinski definition) is 1. The number of carbonyl (C=O) groups excluding carboxylic acids is 1. The summed E-state index contributed by atoms with van der Waals surface area (Å²) in [6.45, 7) is 3.47. The lowest BCUT2D eigenvalue weighted by Gasteiger charge is -2.37. The molecule has 2 unspecified atom stereocenters. The van der Waals surface area contributed by atoms with Crippen LogP contribution in [0.2, 0.25) is 0 Å². The highest BCUT2D eigenvalue weighted by Crippen LogP contribution is 2.36. The molecule has 0 spiro atoms. The molecule has 4 rings (SSSR count). The maximum atomic E-state index is 13.1. The van der Waals surface area contributed by atoms with Gasteiger partial charge in [0.2, 0.25) is 0 Å². The number of allylic oxidation sites excluding steroid dienone is 4. The monoisotopic (exact) mass is 561 g/mol. The molecule has 1 aliphatic heterocycles. The van der Waals surface area contributed by atoms with Crippen molar-refractivity contribution >= 4 is 52.5 Å². The summed E-state index contributed by atoms with van der Waals surface area (Å²) >= 11 is 19.2. The van der Waals surface area contributed by atoms with Crippen molar-refractivity contribution in [3.8, 4) is 11.6 Å². The van der Waals surface area contributed by atoms with Gasteiger partial charge in [-0.3, -0.25) is 19.1 Å². The van der Waals surface area contributed by atoms with Crippen LogP contribution in [0.3, 0.4) is 0 Å². The highest BCUT2D eigenvalue weighted by atomic mass is 35.5. The van der Waals surface area contributed by atoms with E-state index in [9.17, 15) is 19.5 Å². The topological polar surface area (TPSA) is 111 Å². The predicted octanol–water partition coefficient (Wildman–Crippen LogP) is 3.69. The van der Waals surface area contributed by atoms with Gasteiger partial charge in [0.05, 0.1) is 28.1 Å². The Morgan fingerprint density at radius 3 is 2.41 bits per heavy atom. The smallest absolute Gasteiger partial charge is 0.332 e. The quantitative estimate of drug-likeness (QED) is 0.340. The number of rotatable bonds is 5. The van der Waals surface area contributed by atoms with E-state index in [1.54, 1.807) is 62.4 Å². The third-order valence-corrected chi connectivity index (χ3v) is 7.44. The first-order valence-corrected chi connectivity index (χ1v) is 12.9. The number of para-hydroxylation sites is 1. The zero-order chi connectivity index (χ0) is 26.9. The van der Waals surface area contributed by atoms with E-state index in [2.05, 4.69) is 10.1 Å². The largest absolute Gasteiger partial charge is 0.859 e. The van der Waals surface area contributed by atoms with Gasteiger partial charge in [-0.1, -0.05) is 35.9 Å². The number of nitrogens with zero attached hydrogens (tertiary/aromatic N) is 3. The Hall–Kier alpha value is -3.07. The van der Waals surface area contributed by atoms with Crippen LogP contribution in [-0.4, -0.2) is 48.4 Å². The Morgan fingerprint density at radius 2 is 1.76 bits per heavy atom. The van der Waals surface area contributed by atoms with Crippen LogP contribution in [0.1, 0.15) is 32.3 Å². The molecule has 11 heteroatoms. The maximum absolute atomic E-state index is 13.1. The van der Waals surface area contributed by atoms with Gasteiger partial charge in [-0.15, -0.1) is 34.8 Å². The summed E-state index contributed by atoms with van der Waals surface area (Å²) in [6.07, 6.45) is 7.23. The standard InChI is InChI=1S/C26H25Cl3N4O4/c1-14(9-11-19-23(34)30-26(37)32(24(19)35)17-6-4-3-5-7-17)8-10-18-15(2)31-33(25(18)36)22-20(28)12-16(27)13-21(22)29/h3-11,16,20-22,35H,12-13H2,1-2H3,(H,30,34,37)/p-1/b11-9+,14-8+,18-10-. The second kappa shape index (κ2) is 11.1. The van der Waals surface area contributed by atoms with Crippen LogP contribution in [0.4, 0.5) is 0 Å². The lowest BCUT2D eigenvalue weighted by Crippen LogP contribution is -2.50. The van der Waals surface area contributed by atoms with E-state index in [0.717, 1.165) is 4.57 Å². The van der Waals surface area contributed by atoms with E-state index >= 15 is 0 Å². The summed E-state index contributed by atoms with van der Waals surface area (Å²) in [5, 5.41) is 17.7. The van der Waals surface area contributed by atoms with Crippen LogP contribution in [0.15, 0.2) is 74.4 Å². The van der Waals surface area contributed by atoms with Crippen LogP contribution < -0.4 is 16.4 Å². The summed E-state index contributed by atoms with van der Waals surface area (Å²) in [4.78, 5) is 39.9. The fraction of sp³-hybridized carbons (Fsp3) is 0.308. The van der Waals surface area contributed by atoms with Gasteiger partial charge in [-0.2, -0.15) is 5.10 Å². The molecule has 2 atom stereocenters. The molecular weight excluding hydrogens is 539 g/mol. The van der Waals surface area contributed by atoms with Crippen LogP contribution in [0, 0.1) is 0 Å². The Labute approximate surface area is 228 Å². The Balaban J connectivity index is 1.57. The van der Waals surface area contributed by atoms with Crippen molar-refractivity contribution < 1.29 is 9.90 Å². The minimum atomic E-state index is -0.813. The van der Waals surface area contributed by atoms with E-state index in [1.165, 1.54) is 11.1 Å². The zero-order valence-electron chi connectivity index (χ0n) is 20.0. The molecule has 194 valence electrons. The Bertz CT molecular complexity index is 1430. The van der Waals surface area contributed by atoms with Crippen molar-refractivity contribution in [3.63, 3.8) is 0 Å². The number of aromatic amines is 1. The summed E-state index contributed by atoms with van der Waals surface area (Å²) in [5.41, 5.74) is 0.106. The minimum Gasteiger partial charge on any atom is -0.859 e.